The van der Waals surface area contributed by atoms with Crippen LogP contribution in [0.1, 0.15) is 19.6 Å². The fraction of sp³-hybridized carbons (Fsp3) is 0.615. The number of aliphatic hydroxyl groups excluding tert-OH is 1. The first kappa shape index (κ1) is 15.7. The second kappa shape index (κ2) is 8.68. The fourth-order valence-electron chi connectivity index (χ4n) is 1.47. The fourth-order valence-corrected chi connectivity index (χ4v) is 1.47. The van der Waals surface area contributed by atoms with Gasteiger partial charge in [0.15, 0.2) is 0 Å². The number of furan rings is 1. The van der Waals surface area contributed by atoms with E-state index in [1.54, 1.807) is 18.4 Å². The highest BCUT2D eigenvalue weighted by Gasteiger charge is 2.07. The molecule has 3 N–H and O–H groups in total. The van der Waals surface area contributed by atoms with E-state index in [4.69, 9.17) is 9.15 Å². The van der Waals surface area contributed by atoms with Gasteiger partial charge in [0, 0.05) is 12.6 Å². The van der Waals surface area contributed by atoms with Gasteiger partial charge in [-0.1, -0.05) is 0 Å². The third kappa shape index (κ3) is 7.61. The van der Waals surface area contributed by atoms with E-state index in [0.717, 1.165) is 5.76 Å². The Morgan fingerprint density at radius 1 is 1.53 bits per heavy atom. The normalized spacial score (nSPS) is 12.6. The Kier molecular flexibility index (Phi) is 7.17. The zero-order valence-electron chi connectivity index (χ0n) is 11.4. The number of ether oxygens (including phenoxy) is 1. The molecule has 1 atom stereocenters. The van der Waals surface area contributed by atoms with Crippen LogP contribution in [-0.2, 0) is 16.1 Å². The molecule has 1 aromatic rings. The molecule has 1 rings (SSSR count). The van der Waals surface area contributed by atoms with Crippen molar-refractivity contribution in [2.75, 3.05) is 19.7 Å². The second-order valence-corrected chi connectivity index (χ2v) is 4.60. The number of nitrogens with one attached hydrogen (secondary N) is 2. The van der Waals surface area contributed by atoms with Gasteiger partial charge in [0.25, 0.3) is 0 Å². The van der Waals surface area contributed by atoms with E-state index in [2.05, 4.69) is 10.6 Å². The molecule has 0 spiro atoms. The van der Waals surface area contributed by atoms with Gasteiger partial charge in [0.2, 0.25) is 5.91 Å². The maximum absolute atomic E-state index is 11.3. The Bertz CT molecular complexity index is 352. The highest BCUT2D eigenvalue weighted by atomic mass is 16.5. The molecule has 0 aromatic carbocycles. The first-order chi connectivity index (χ1) is 9.08. The van der Waals surface area contributed by atoms with E-state index in [-0.39, 0.29) is 25.1 Å². The molecule has 0 aliphatic carbocycles. The molecule has 108 valence electrons. The van der Waals surface area contributed by atoms with E-state index in [0.29, 0.717) is 13.2 Å². The Labute approximate surface area is 113 Å². The highest BCUT2D eigenvalue weighted by molar-refractivity contribution is 5.78. The summed E-state index contributed by atoms with van der Waals surface area (Å²) in [4.78, 5) is 11.3. The van der Waals surface area contributed by atoms with Gasteiger partial charge in [0.1, 0.15) is 12.4 Å². The standard InChI is InChI=1S/C13H22N2O4/c1-10(2)15-13(17)7-14-6-11(16)8-18-9-12-4-3-5-19-12/h3-5,10-11,14,16H,6-9H2,1-2H3,(H,15,17). The minimum absolute atomic E-state index is 0.0845. The number of rotatable bonds is 9. The summed E-state index contributed by atoms with van der Waals surface area (Å²) in [6.45, 7) is 4.82. The van der Waals surface area contributed by atoms with E-state index in [1.165, 1.54) is 0 Å². The molecule has 1 aromatic heterocycles. The summed E-state index contributed by atoms with van der Waals surface area (Å²) in [5.41, 5.74) is 0. The molecular weight excluding hydrogens is 248 g/mol. The molecule has 0 fully saturated rings. The van der Waals surface area contributed by atoms with Gasteiger partial charge in [-0.05, 0) is 26.0 Å². The number of amides is 1. The molecule has 0 aliphatic rings. The first-order valence-electron chi connectivity index (χ1n) is 6.36. The molecule has 0 aliphatic heterocycles. The van der Waals surface area contributed by atoms with Crippen LogP contribution >= 0.6 is 0 Å². The lowest BCUT2D eigenvalue weighted by atomic mass is 10.3. The Hall–Kier alpha value is -1.37. The molecule has 6 nitrogen and oxygen atoms in total. The Morgan fingerprint density at radius 3 is 2.95 bits per heavy atom. The van der Waals surface area contributed by atoms with Crippen molar-refractivity contribution in [1.29, 1.82) is 0 Å². The number of hydrogen-bond acceptors (Lipinski definition) is 5. The predicted octanol–water partition coefficient (Wildman–Crippen LogP) is 0.271. The molecule has 19 heavy (non-hydrogen) atoms. The largest absolute Gasteiger partial charge is 0.467 e. The van der Waals surface area contributed by atoms with Crippen LogP contribution in [0.5, 0.6) is 0 Å². The number of hydrogen-bond donors (Lipinski definition) is 3. The maximum atomic E-state index is 11.3. The van der Waals surface area contributed by atoms with Gasteiger partial charge in [-0.3, -0.25) is 4.79 Å². The van der Waals surface area contributed by atoms with Crippen molar-refractivity contribution in [3.8, 4) is 0 Å². The van der Waals surface area contributed by atoms with E-state index in [1.807, 2.05) is 13.8 Å². The molecule has 0 bridgehead atoms. The van der Waals surface area contributed by atoms with Gasteiger partial charge in [-0.15, -0.1) is 0 Å². The highest BCUT2D eigenvalue weighted by Crippen LogP contribution is 2.01. The van der Waals surface area contributed by atoms with Crippen LogP contribution in [-0.4, -0.2) is 42.9 Å². The van der Waals surface area contributed by atoms with E-state index < -0.39 is 6.10 Å². The molecule has 1 unspecified atom stereocenters. The van der Waals surface area contributed by atoms with Gasteiger partial charge in [0.05, 0.1) is 25.5 Å². The van der Waals surface area contributed by atoms with Crippen LogP contribution in [0, 0.1) is 0 Å². The average molecular weight is 270 g/mol. The molecule has 1 heterocycles. The van der Waals surface area contributed by atoms with Crippen molar-refractivity contribution >= 4 is 5.91 Å². The third-order valence-corrected chi connectivity index (χ3v) is 2.25. The summed E-state index contributed by atoms with van der Waals surface area (Å²) < 4.78 is 10.4. The van der Waals surface area contributed by atoms with Crippen LogP contribution < -0.4 is 10.6 Å². The summed E-state index contributed by atoms with van der Waals surface area (Å²) in [5.74, 6) is 0.634. The van der Waals surface area contributed by atoms with Crippen molar-refractivity contribution in [1.82, 2.24) is 10.6 Å². The Morgan fingerprint density at radius 2 is 2.32 bits per heavy atom. The van der Waals surface area contributed by atoms with Gasteiger partial charge in [-0.2, -0.15) is 0 Å². The SMILES string of the molecule is CC(C)NC(=O)CNCC(O)COCc1ccco1. The molecule has 0 radical (unpaired) electrons. The van der Waals surface area contributed by atoms with Gasteiger partial charge >= 0.3 is 0 Å². The number of carbonyl (C=O) groups excluding carboxylic acids is 1. The molecule has 0 saturated carbocycles. The maximum Gasteiger partial charge on any atom is 0.234 e. The lowest BCUT2D eigenvalue weighted by molar-refractivity contribution is -0.120. The molecule has 6 heteroatoms. The minimum Gasteiger partial charge on any atom is -0.467 e. The lowest BCUT2D eigenvalue weighted by Crippen LogP contribution is -2.40. The zero-order chi connectivity index (χ0) is 14.1. The Balaban J connectivity index is 2.01. The predicted molar refractivity (Wildman–Crippen MR) is 70.5 cm³/mol. The van der Waals surface area contributed by atoms with E-state index >= 15 is 0 Å². The van der Waals surface area contributed by atoms with Crippen molar-refractivity contribution in [2.45, 2.75) is 32.6 Å². The van der Waals surface area contributed by atoms with Crippen molar-refractivity contribution < 1.29 is 19.1 Å². The quantitative estimate of drug-likeness (QED) is 0.600. The number of aliphatic hydroxyl groups is 1. The zero-order valence-corrected chi connectivity index (χ0v) is 11.4. The van der Waals surface area contributed by atoms with Gasteiger partial charge < -0.3 is 24.9 Å². The van der Waals surface area contributed by atoms with Gasteiger partial charge in [-0.25, -0.2) is 0 Å². The second-order valence-electron chi connectivity index (χ2n) is 4.60. The smallest absolute Gasteiger partial charge is 0.234 e. The van der Waals surface area contributed by atoms with Crippen LogP contribution in [0.25, 0.3) is 0 Å². The van der Waals surface area contributed by atoms with Crippen LogP contribution in [0.3, 0.4) is 0 Å². The van der Waals surface area contributed by atoms with Crippen LogP contribution in [0.2, 0.25) is 0 Å². The van der Waals surface area contributed by atoms with Crippen molar-refractivity contribution in [3.05, 3.63) is 24.2 Å². The van der Waals surface area contributed by atoms with Crippen molar-refractivity contribution in [2.24, 2.45) is 0 Å². The summed E-state index contributed by atoms with van der Waals surface area (Å²) in [6, 6.07) is 3.71. The van der Waals surface area contributed by atoms with Crippen molar-refractivity contribution in [3.63, 3.8) is 0 Å². The lowest BCUT2D eigenvalue weighted by Gasteiger charge is -2.13. The topological polar surface area (TPSA) is 83.7 Å². The molecular formula is C13H22N2O4. The van der Waals surface area contributed by atoms with Crippen LogP contribution in [0.4, 0.5) is 0 Å². The minimum atomic E-state index is -0.651. The summed E-state index contributed by atoms with van der Waals surface area (Å²) in [5, 5.41) is 15.2. The molecule has 1 amide bonds. The first-order valence-corrected chi connectivity index (χ1v) is 6.36. The summed E-state index contributed by atoms with van der Waals surface area (Å²) in [6.07, 6.45) is 0.922. The monoisotopic (exact) mass is 270 g/mol. The third-order valence-electron chi connectivity index (χ3n) is 2.25. The summed E-state index contributed by atoms with van der Waals surface area (Å²) in [7, 11) is 0. The van der Waals surface area contributed by atoms with E-state index in [9.17, 15) is 9.90 Å². The number of carbonyl (C=O) groups is 1. The summed E-state index contributed by atoms with van der Waals surface area (Å²) >= 11 is 0. The van der Waals surface area contributed by atoms with Crippen LogP contribution in [0.15, 0.2) is 22.8 Å². The average Bonchev–Trinajstić information content (AvgIpc) is 2.81. The molecule has 0 saturated heterocycles.